The van der Waals surface area contributed by atoms with Gasteiger partial charge < -0.3 is 5.32 Å². The molecule has 0 aliphatic carbocycles. The number of anilines is 1. The standard InChI is InChI=1S/C16H21N3S/c1-13(16-10-17-12-20-16)18-15-6-4-5-14(9-15)11-19-7-2-3-8-19/h4-6,9-10,12-13,18H,2-3,7-8,11H2,1H3. The van der Waals surface area contributed by atoms with Gasteiger partial charge in [-0.15, -0.1) is 11.3 Å². The largest absolute Gasteiger partial charge is 0.378 e. The van der Waals surface area contributed by atoms with Crippen molar-refractivity contribution in [2.75, 3.05) is 18.4 Å². The lowest BCUT2D eigenvalue weighted by Crippen LogP contribution is -2.18. The number of rotatable bonds is 5. The summed E-state index contributed by atoms with van der Waals surface area (Å²) in [7, 11) is 0. The van der Waals surface area contributed by atoms with E-state index in [0.717, 1.165) is 6.54 Å². The summed E-state index contributed by atoms with van der Waals surface area (Å²) >= 11 is 1.70. The molecule has 0 spiro atoms. The highest BCUT2D eigenvalue weighted by Crippen LogP contribution is 2.23. The third kappa shape index (κ3) is 3.38. The molecular formula is C16H21N3S. The van der Waals surface area contributed by atoms with Gasteiger partial charge in [0.15, 0.2) is 0 Å². The zero-order valence-corrected chi connectivity index (χ0v) is 12.7. The van der Waals surface area contributed by atoms with E-state index in [0.29, 0.717) is 6.04 Å². The summed E-state index contributed by atoms with van der Waals surface area (Å²) in [5.74, 6) is 0. The van der Waals surface area contributed by atoms with Crippen molar-refractivity contribution in [3.8, 4) is 0 Å². The minimum atomic E-state index is 0.310. The summed E-state index contributed by atoms with van der Waals surface area (Å²) in [5, 5.41) is 3.56. The maximum atomic E-state index is 4.14. The molecule has 20 heavy (non-hydrogen) atoms. The molecule has 4 heteroatoms. The highest BCUT2D eigenvalue weighted by atomic mass is 32.1. The predicted molar refractivity (Wildman–Crippen MR) is 85.1 cm³/mol. The molecule has 3 nitrogen and oxygen atoms in total. The Kier molecular flexibility index (Phi) is 4.33. The van der Waals surface area contributed by atoms with Crippen molar-refractivity contribution >= 4 is 17.0 Å². The van der Waals surface area contributed by atoms with Crippen LogP contribution in [0.1, 0.15) is 36.2 Å². The van der Waals surface area contributed by atoms with Crippen molar-refractivity contribution in [3.63, 3.8) is 0 Å². The lowest BCUT2D eigenvalue weighted by molar-refractivity contribution is 0.331. The van der Waals surface area contributed by atoms with E-state index >= 15 is 0 Å². The molecule has 0 radical (unpaired) electrons. The maximum Gasteiger partial charge on any atom is 0.0795 e. The highest BCUT2D eigenvalue weighted by Gasteiger charge is 2.12. The normalized spacial score (nSPS) is 17.2. The predicted octanol–water partition coefficient (Wildman–Crippen LogP) is 3.91. The lowest BCUT2D eigenvalue weighted by Gasteiger charge is -2.17. The van der Waals surface area contributed by atoms with Crippen LogP contribution in [-0.4, -0.2) is 23.0 Å². The number of nitrogens with one attached hydrogen (secondary N) is 1. The number of nitrogens with zero attached hydrogens (tertiary/aromatic N) is 2. The van der Waals surface area contributed by atoms with Crippen LogP contribution in [0.4, 0.5) is 5.69 Å². The summed E-state index contributed by atoms with van der Waals surface area (Å²) in [4.78, 5) is 7.95. The Balaban J connectivity index is 1.64. The molecule has 1 saturated heterocycles. The van der Waals surface area contributed by atoms with E-state index in [1.165, 1.54) is 42.1 Å². The minimum Gasteiger partial charge on any atom is -0.378 e. The molecule has 1 aliphatic rings. The number of hydrogen-bond donors (Lipinski definition) is 1. The number of benzene rings is 1. The van der Waals surface area contributed by atoms with E-state index in [4.69, 9.17) is 0 Å². The molecule has 1 N–H and O–H groups in total. The van der Waals surface area contributed by atoms with Gasteiger partial charge in [0.05, 0.1) is 11.6 Å². The second-order valence-corrected chi connectivity index (χ2v) is 6.37. The van der Waals surface area contributed by atoms with Crippen molar-refractivity contribution in [2.24, 2.45) is 0 Å². The van der Waals surface area contributed by atoms with Gasteiger partial charge >= 0.3 is 0 Å². The molecular weight excluding hydrogens is 266 g/mol. The van der Waals surface area contributed by atoms with Gasteiger partial charge in [0.25, 0.3) is 0 Å². The second-order valence-electron chi connectivity index (χ2n) is 5.45. The molecule has 1 unspecified atom stereocenters. The van der Waals surface area contributed by atoms with Gasteiger partial charge in [-0.25, -0.2) is 0 Å². The van der Waals surface area contributed by atoms with Crippen molar-refractivity contribution < 1.29 is 0 Å². The Bertz CT molecular complexity index is 532. The molecule has 1 aromatic heterocycles. The fourth-order valence-corrected chi connectivity index (χ4v) is 3.35. The zero-order valence-electron chi connectivity index (χ0n) is 11.9. The molecule has 2 heterocycles. The second kappa shape index (κ2) is 6.37. The first-order valence-corrected chi connectivity index (χ1v) is 8.15. The van der Waals surface area contributed by atoms with E-state index in [1.54, 1.807) is 11.3 Å². The number of hydrogen-bond acceptors (Lipinski definition) is 4. The van der Waals surface area contributed by atoms with Crippen LogP contribution in [0.3, 0.4) is 0 Å². The first-order chi connectivity index (χ1) is 9.81. The summed E-state index contributed by atoms with van der Waals surface area (Å²) in [6, 6.07) is 9.10. The van der Waals surface area contributed by atoms with Gasteiger partial charge in [0, 0.05) is 23.3 Å². The fourth-order valence-electron chi connectivity index (χ4n) is 2.72. The molecule has 0 saturated carbocycles. The Morgan fingerprint density at radius 2 is 2.20 bits per heavy atom. The van der Waals surface area contributed by atoms with Gasteiger partial charge in [-0.2, -0.15) is 0 Å². The Morgan fingerprint density at radius 3 is 2.95 bits per heavy atom. The van der Waals surface area contributed by atoms with E-state index in [9.17, 15) is 0 Å². The monoisotopic (exact) mass is 287 g/mol. The first-order valence-electron chi connectivity index (χ1n) is 7.27. The Hall–Kier alpha value is -1.39. The number of aromatic nitrogens is 1. The Labute approximate surface area is 124 Å². The molecule has 1 atom stereocenters. The molecule has 0 bridgehead atoms. The van der Waals surface area contributed by atoms with Crippen LogP contribution in [0.25, 0.3) is 0 Å². The molecule has 106 valence electrons. The SMILES string of the molecule is CC(Nc1cccc(CN2CCCC2)c1)c1cncs1. The van der Waals surface area contributed by atoms with Crippen LogP contribution in [0.5, 0.6) is 0 Å². The molecule has 1 aliphatic heterocycles. The smallest absolute Gasteiger partial charge is 0.0795 e. The number of thiazole rings is 1. The van der Waals surface area contributed by atoms with Gasteiger partial charge in [-0.05, 0) is 50.6 Å². The maximum absolute atomic E-state index is 4.14. The van der Waals surface area contributed by atoms with E-state index in [2.05, 4.69) is 46.4 Å². The van der Waals surface area contributed by atoms with E-state index in [1.807, 2.05) is 11.7 Å². The van der Waals surface area contributed by atoms with Crippen molar-refractivity contribution in [3.05, 3.63) is 46.4 Å². The van der Waals surface area contributed by atoms with Crippen LogP contribution in [0, 0.1) is 0 Å². The van der Waals surface area contributed by atoms with Crippen LogP contribution in [0.15, 0.2) is 36.0 Å². The topological polar surface area (TPSA) is 28.2 Å². The van der Waals surface area contributed by atoms with Crippen molar-refractivity contribution in [2.45, 2.75) is 32.4 Å². The van der Waals surface area contributed by atoms with Crippen molar-refractivity contribution in [1.82, 2.24) is 9.88 Å². The zero-order chi connectivity index (χ0) is 13.8. The molecule has 0 amide bonds. The average molecular weight is 287 g/mol. The summed E-state index contributed by atoms with van der Waals surface area (Å²) in [6.07, 6.45) is 4.64. The van der Waals surface area contributed by atoms with Gasteiger partial charge in [0.1, 0.15) is 0 Å². The Morgan fingerprint density at radius 1 is 1.35 bits per heavy atom. The van der Waals surface area contributed by atoms with E-state index in [-0.39, 0.29) is 0 Å². The average Bonchev–Trinajstić information content (AvgIpc) is 3.12. The van der Waals surface area contributed by atoms with Crippen molar-refractivity contribution in [1.29, 1.82) is 0 Å². The molecule has 3 rings (SSSR count). The third-order valence-electron chi connectivity index (χ3n) is 3.79. The molecule has 1 aromatic carbocycles. The quantitative estimate of drug-likeness (QED) is 0.903. The van der Waals surface area contributed by atoms with E-state index < -0.39 is 0 Å². The van der Waals surface area contributed by atoms with Gasteiger partial charge in [-0.1, -0.05) is 12.1 Å². The minimum absolute atomic E-state index is 0.310. The van der Waals surface area contributed by atoms with Crippen LogP contribution in [0.2, 0.25) is 0 Å². The molecule has 2 aromatic rings. The van der Waals surface area contributed by atoms with Gasteiger partial charge in [0.2, 0.25) is 0 Å². The summed E-state index contributed by atoms with van der Waals surface area (Å²) < 4.78 is 0. The lowest BCUT2D eigenvalue weighted by atomic mass is 10.1. The van der Waals surface area contributed by atoms with Gasteiger partial charge in [-0.3, -0.25) is 9.88 Å². The third-order valence-corrected chi connectivity index (χ3v) is 4.75. The fraction of sp³-hybridized carbons (Fsp3) is 0.438. The van der Waals surface area contributed by atoms with Crippen LogP contribution < -0.4 is 5.32 Å². The van der Waals surface area contributed by atoms with Crippen LogP contribution >= 0.6 is 11.3 Å². The first kappa shape index (κ1) is 13.6. The van der Waals surface area contributed by atoms with Crippen LogP contribution in [-0.2, 0) is 6.54 Å². The summed E-state index contributed by atoms with van der Waals surface area (Å²) in [5.41, 5.74) is 4.48. The highest BCUT2D eigenvalue weighted by molar-refractivity contribution is 7.09. The number of likely N-dealkylation sites (tertiary alicyclic amines) is 1. The molecule has 1 fully saturated rings. The summed E-state index contributed by atoms with van der Waals surface area (Å²) in [6.45, 7) is 5.75.